The monoisotopic (exact) mass is 327 g/mol. The van der Waals surface area contributed by atoms with Crippen LogP contribution in [0.4, 0.5) is 9.18 Å². The average Bonchev–Trinajstić information content (AvgIpc) is 3.06. The molecule has 0 spiro atoms. The number of imide groups is 1. The molecule has 3 amide bonds. The van der Waals surface area contributed by atoms with Gasteiger partial charge in [-0.05, 0) is 30.7 Å². The molecule has 3 rings (SSSR count). The molecule has 0 bridgehead atoms. The van der Waals surface area contributed by atoms with Crippen molar-refractivity contribution in [3.05, 3.63) is 53.1 Å². The molecule has 0 radical (unpaired) electrons. The molecule has 1 atom stereocenters. The van der Waals surface area contributed by atoms with E-state index in [0.717, 1.165) is 17.0 Å². The lowest BCUT2D eigenvalue weighted by Crippen LogP contribution is -2.40. The lowest BCUT2D eigenvalue weighted by Gasteiger charge is -2.20. The first kappa shape index (κ1) is 15.7. The van der Waals surface area contributed by atoms with Crippen LogP contribution in [0.5, 0.6) is 0 Å². The van der Waals surface area contributed by atoms with Crippen LogP contribution < -0.4 is 5.32 Å². The number of nitrogens with one attached hydrogen (secondary N) is 1. The quantitative estimate of drug-likeness (QED) is 0.863. The fraction of sp³-hybridized carbons (Fsp3) is 0.250. The summed E-state index contributed by atoms with van der Waals surface area (Å²) in [5.41, 5.74) is -0.208. The third-order valence-electron chi connectivity index (χ3n) is 4.07. The molecule has 1 fully saturated rings. The van der Waals surface area contributed by atoms with E-state index < -0.39 is 23.3 Å². The Morgan fingerprint density at radius 1 is 1.42 bits per heavy atom. The minimum absolute atomic E-state index is 0.179. The Bertz CT molecular complexity index is 885. The first-order valence-electron chi connectivity index (χ1n) is 7.17. The Kier molecular flexibility index (Phi) is 3.56. The third kappa shape index (κ3) is 2.40. The predicted molar refractivity (Wildman–Crippen MR) is 80.8 cm³/mol. The summed E-state index contributed by atoms with van der Waals surface area (Å²) in [4.78, 5) is 26.0. The van der Waals surface area contributed by atoms with Crippen molar-refractivity contribution in [2.45, 2.75) is 19.0 Å². The first-order valence-corrected chi connectivity index (χ1v) is 7.17. The summed E-state index contributed by atoms with van der Waals surface area (Å²) in [6, 6.07) is 4.97. The maximum Gasteiger partial charge on any atom is 0.325 e. The van der Waals surface area contributed by atoms with Crippen molar-refractivity contribution in [3.63, 3.8) is 0 Å². The second-order valence-electron chi connectivity index (χ2n) is 5.76. The number of hydrogen-bond acceptors (Lipinski definition) is 4. The summed E-state index contributed by atoms with van der Waals surface area (Å²) >= 11 is 0. The van der Waals surface area contributed by atoms with Crippen LogP contribution in [0.25, 0.3) is 0 Å². The standard InChI is InChI=1S/C16H14FN5O2/c1-16(12-7-19-21(2)9-12)14(23)22(15(24)20-16)8-11-5-13(17)4-3-10(11)6-18/h3-5,7,9H,8H2,1-2H3,(H,20,24). The summed E-state index contributed by atoms with van der Waals surface area (Å²) in [6.07, 6.45) is 3.15. The molecule has 1 unspecified atom stereocenters. The van der Waals surface area contributed by atoms with Gasteiger partial charge >= 0.3 is 6.03 Å². The van der Waals surface area contributed by atoms with Crippen LogP contribution in [-0.2, 0) is 23.9 Å². The van der Waals surface area contributed by atoms with Gasteiger partial charge in [0.25, 0.3) is 5.91 Å². The summed E-state index contributed by atoms with van der Waals surface area (Å²) in [5.74, 6) is -1.01. The van der Waals surface area contributed by atoms with Crippen LogP contribution in [0.3, 0.4) is 0 Å². The zero-order valence-electron chi connectivity index (χ0n) is 13.1. The molecule has 1 saturated heterocycles. The molecule has 2 heterocycles. The molecular formula is C16H14FN5O2. The molecular weight excluding hydrogens is 313 g/mol. The molecule has 8 heteroatoms. The highest BCUT2D eigenvalue weighted by atomic mass is 19.1. The predicted octanol–water partition coefficient (Wildman–Crippen LogP) is 1.40. The number of carbonyl (C=O) groups excluding carboxylic acids is 2. The van der Waals surface area contributed by atoms with Crippen molar-refractivity contribution in [2.75, 3.05) is 0 Å². The Labute approximate surface area is 137 Å². The molecule has 24 heavy (non-hydrogen) atoms. The zero-order valence-corrected chi connectivity index (χ0v) is 13.1. The second-order valence-corrected chi connectivity index (χ2v) is 5.76. The molecule has 1 aliphatic rings. The number of aromatic nitrogens is 2. The van der Waals surface area contributed by atoms with E-state index in [-0.39, 0.29) is 17.7 Å². The van der Waals surface area contributed by atoms with Gasteiger partial charge in [0.05, 0.1) is 24.4 Å². The normalized spacial score (nSPS) is 20.2. The van der Waals surface area contributed by atoms with Gasteiger partial charge in [0.2, 0.25) is 0 Å². The minimum Gasteiger partial charge on any atom is -0.319 e. The number of benzene rings is 1. The van der Waals surface area contributed by atoms with Crippen LogP contribution in [0.1, 0.15) is 23.6 Å². The van der Waals surface area contributed by atoms with Gasteiger partial charge in [-0.1, -0.05) is 0 Å². The van der Waals surface area contributed by atoms with E-state index in [2.05, 4.69) is 10.4 Å². The average molecular weight is 327 g/mol. The van der Waals surface area contributed by atoms with Crippen LogP contribution >= 0.6 is 0 Å². The topological polar surface area (TPSA) is 91.0 Å². The number of nitrogens with zero attached hydrogens (tertiary/aromatic N) is 4. The van der Waals surface area contributed by atoms with E-state index in [1.807, 2.05) is 6.07 Å². The number of nitriles is 1. The van der Waals surface area contributed by atoms with Crippen molar-refractivity contribution in [3.8, 4) is 6.07 Å². The van der Waals surface area contributed by atoms with E-state index in [4.69, 9.17) is 5.26 Å². The smallest absolute Gasteiger partial charge is 0.319 e. The van der Waals surface area contributed by atoms with E-state index in [0.29, 0.717) is 5.56 Å². The van der Waals surface area contributed by atoms with Gasteiger partial charge in [-0.15, -0.1) is 0 Å². The van der Waals surface area contributed by atoms with Crippen molar-refractivity contribution in [2.24, 2.45) is 7.05 Å². The SMILES string of the molecule is Cn1cc(C2(C)NC(=O)N(Cc3cc(F)ccc3C#N)C2=O)cn1. The Hall–Kier alpha value is -3.21. The van der Waals surface area contributed by atoms with Gasteiger partial charge in [0.15, 0.2) is 0 Å². The van der Waals surface area contributed by atoms with Crippen LogP contribution in [-0.4, -0.2) is 26.6 Å². The van der Waals surface area contributed by atoms with Crippen molar-refractivity contribution < 1.29 is 14.0 Å². The number of hydrogen-bond donors (Lipinski definition) is 1. The fourth-order valence-electron chi connectivity index (χ4n) is 2.69. The lowest BCUT2D eigenvalue weighted by atomic mass is 9.95. The zero-order chi connectivity index (χ0) is 17.5. The third-order valence-corrected chi connectivity index (χ3v) is 4.07. The maximum atomic E-state index is 13.4. The number of rotatable bonds is 3. The number of urea groups is 1. The number of aryl methyl sites for hydroxylation is 1. The summed E-state index contributed by atoms with van der Waals surface area (Å²) < 4.78 is 15.0. The second kappa shape index (κ2) is 5.45. The van der Waals surface area contributed by atoms with E-state index >= 15 is 0 Å². The number of halogens is 1. The van der Waals surface area contributed by atoms with E-state index in [1.165, 1.54) is 16.9 Å². The highest BCUT2D eigenvalue weighted by Crippen LogP contribution is 2.29. The van der Waals surface area contributed by atoms with Crippen molar-refractivity contribution >= 4 is 11.9 Å². The lowest BCUT2D eigenvalue weighted by molar-refractivity contribution is -0.131. The van der Waals surface area contributed by atoms with Gasteiger partial charge in [-0.2, -0.15) is 10.4 Å². The van der Waals surface area contributed by atoms with Crippen LogP contribution in [0.15, 0.2) is 30.6 Å². The fourth-order valence-corrected chi connectivity index (χ4v) is 2.69. The van der Waals surface area contributed by atoms with Gasteiger partial charge < -0.3 is 5.32 Å². The van der Waals surface area contributed by atoms with Gasteiger partial charge in [0, 0.05) is 18.8 Å². The number of amides is 3. The molecule has 1 aromatic carbocycles. The summed E-state index contributed by atoms with van der Waals surface area (Å²) in [5, 5.41) is 15.8. The largest absolute Gasteiger partial charge is 0.325 e. The Morgan fingerprint density at radius 3 is 2.79 bits per heavy atom. The molecule has 122 valence electrons. The van der Waals surface area contributed by atoms with Crippen molar-refractivity contribution in [1.29, 1.82) is 5.26 Å². The maximum absolute atomic E-state index is 13.4. The molecule has 2 aromatic rings. The molecule has 0 aliphatic carbocycles. The van der Waals surface area contributed by atoms with Crippen LogP contribution in [0, 0.1) is 17.1 Å². The Morgan fingerprint density at radius 2 is 2.17 bits per heavy atom. The highest BCUT2D eigenvalue weighted by molar-refractivity contribution is 6.07. The van der Waals surface area contributed by atoms with E-state index in [9.17, 15) is 14.0 Å². The Balaban J connectivity index is 1.94. The summed E-state index contributed by atoms with van der Waals surface area (Å²) in [6.45, 7) is 1.40. The van der Waals surface area contributed by atoms with Crippen molar-refractivity contribution in [1.82, 2.24) is 20.0 Å². The molecule has 0 saturated carbocycles. The molecule has 7 nitrogen and oxygen atoms in total. The minimum atomic E-state index is -1.24. The molecule has 1 aromatic heterocycles. The number of carbonyl (C=O) groups is 2. The summed E-state index contributed by atoms with van der Waals surface area (Å²) in [7, 11) is 1.71. The van der Waals surface area contributed by atoms with E-state index in [1.54, 1.807) is 20.2 Å². The van der Waals surface area contributed by atoms with Gasteiger partial charge in [-0.25, -0.2) is 9.18 Å². The first-order chi connectivity index (χ1) is 11.3. The molecule has 1 N–H and O–H groups in total. The van der Waals surface area contributed by atoms with Crippen LogP contribution in [0.2, 0.25) is 0 Å². The highest BCUT2D eigenvalue weighted by Gasteiger charge is 2.49. The van der Waals surface area contributed by atoms with Gasteiger partial charge in [0.1, 0.15) is 11.4 Å². The molecule has 1 aliphatic heterocycles. The van der Waals surface area contributed by atoms with Gasteiger partial charge in [-0.3, -0.25) is 14.4 Å².